The molecule has 2 aromatic heterocycles. The molecule has 2 aromatic carbocycles. The van der Waals surface area contributed by atoms with E-state index in [1.807, 2.05) is 43.6 Å². The highest BCUT2D eigenvalue weighted by molar-refractivity contribution is 5.96. The van der Waals surface area contributed by atoms with Gasteiger partial charge < -0.3 is 14.4 Å². The molecule has 0 saturated heterocycles. The van der Waals surface area contributed by atoms with Gasteiger partial charge in [-0.25, -0.2) is 4.98 Å². The van der Waals surface area contributed by atoms with Crippen LogP contribution in [-0.2, 0) is 13.5 Å². The van der Waals surface area contributed by atoms with Crippen LogP contribution in [-0.4, -0.2) is 14.7 Å². The fraction of sp³-hybridized carbons (Fsp3) is 0.0870. The second-order valence-corrected chi connectivity index (χ2v) is 6.74. The third-order valence-electron chi connectivity index (χ3n) is 4.99. The van der Waals surface area contributed by atoms with Crippen molar-refractivity contribution in [2.24, 2.45) is 7.05 Å². The average Bonchev–Trinajstić information content (AvgIpc) is 3.21. The van der Waals surface area contributed by atoms with Crippen LogP contribution < -0.4 is 4.74 Å². The number of ether oxygens (including phenoxy) is 1. The van der Waals surface area contributed by atoms with Crippen molar-refractivity contribution >= 4 is 17.1 Å². The van der Waals surface area contributed by atoms with Gasteiger partial charge >= 0.3 is 0 Å². The van der Waals surface area contributed by atoms with Crippen LogP contribution in [0.5, 0.6) is 11.5 Å². The van der Waals surface area contributed by atoms with E-state index in [1.54, 1.807) is 12.1 Å². The van der Waals surface area contributed by atoms with Crippen molar-refractivity contribution in [3.8, 4) is 22.8 Å². The molecule has 0 spiro atoms. The number of benzene rings is 2. The van der Waals surface area contributed by atoms with Gasteiger partial charge in [-0.15, -0.1) is 0 Å². The number of hydrogen-bond donors (Lipinski definition) is 1. The van der Waals surface area contributed by atoms with E-state index in [0.717, 1.165) is 44.9 Å². The maximum atomic E-state index is 9.70. The molecule has 4 aromatic rings. The third kappa shape index (κ3) is 2.57. The smallest absolute Gasteiger partial charge is 0.140 e. The number of rotatable bonds is 2. The molecular formula is C23H18N2O2. The van der Waals surface area contributed by atoms with Crippen molar-refractivity contribution in [3.63, 3.8) is 0 Å². The third-order valence-corrected chi connectivity index (χ3v) is 4.99. The zero-order valence-electron chi connectivity index (χ0n) is 14.9. The number of allylic oxidation sites excluding steroid dienone is 1. The normalized spacial score (nSPS) is 14.5. The number of aryl methyl sites for hydroxylation is 1. The molecule has 27 heavy (non-hydrogen) atoms. The second-order valence-electron chi connectivity index (χ2n) is 6.74. The summed E-state index contributed by atoms with van der Waals surface area (Å²) in [5, 5.41) is 10.8. The molecule has 0 bridgehead atoms. The molecule has 3 heterocycles. The molecule has 0 fully saturated rings. The molecule has 4 nitrogen and oxygen atoms in total. The average molecular weight is 354 g/mol. The standard InChI is InChI=1S/C23H18N2O2/c1-25-22(15-6-3-2-4-7-15)20(19-8-5-11-24-23(19)25)14-18-12-16-9-10-17(26)13-21(16)27-18/h2-11,13-14,26H,12H2,1H3/b18-14-. The Morgan fingerprint density at radius 2 is 1.93 bits per heavy atom. The van der Waals surface area contributed by atoms with E-state index in [0.29, 0.717) is 6.42 Å². The van der Waals surface area contributed by atoms with Crippen molar-refractivity contribution in [1.82, 2.24) is 9.55 Å². The van der Waals surface area contributed by atoms with Gasteiger partial charge in [0.05, 0.1) is 5.69 Å². The van der Waals surface area contributed by atoms with E-state index in [4.69, 9.17) is 4.74 Å². The minimum atomic E-state index is 0.217. The lowest BCUT2D eigenvalue weighted by Crippen LogP contribution is -1.94. The molecule has 1 aliphatic heterocycles. The first kappa shape index (κ1) is 15.7. The van der Waals surface area contributed by atoms with E-state index < -0.39 is 0 Å². The summed E-state index contributed by atoms with van der Waals surface area (Å²) in [5.74, 6) is 1.80. The highest BCUT2D eigenvalue weighted by Gasteiger charge is 2.21. The van der Waals surface area contributed by atoms with Crippen LogP contribution in [0.1, 0.15) is 11.1 Å². The fourth-order valence-corrected chi connectivity index (χ4v) is 3.77. The van der Waals surface area contributed by atoms with Gasteiger partial charge in [-0.05, 0) is 29.8 Å². The molecular weight excluding hydrogens is 336 g/mol. The zero-order chi connectivity index (χ0) is 18.4. The van der Waals surface area contributed by atoms with Crippen molar-refractivity contribution in [2.45, 2.75) is 6.42 Å². The highest BCUT2D eigenvalue weighted by Crippen LogP contribution is 2.38. The minimum Gasteiger partial charge on any atom is -0.508 e. The molecule has 0 aliphatic carbocycles. The lowest BCUT2D eigenvalue weighted by Gasteiger charge is -2.06. The Morgan fingerprint density at radius 3 is 2.78 bits per heavy atom. The second kappa shape index (κ2) is 6.02. The topological polar surface area (TPSA) is 47.3 Å². The molecule has 0 saturated carbocycles. The largest absolute Gasteiger partial charge is 0.508 e. The molecule has 0 atom stereocenters. The minimum absolute atomic E-state index is 0.217. The van der Waals surface area contributed by atoms with Crippen molar-refractivity contribution in [2.75, 3.05) is 0 Å². The first-order valence-electron chi connectivity index (χ1n) is 8.90. The van der Waals surface area contributed by atoms with Gasteiger partial charge in [0.15, 0.2) is 0 Å². The monoisotopic (exact) mass is 354 g/mol. The summed E-state index contributed by atoms with van der Waals surface area (Å²) in [6.07, 6.45) is 4.63. The van der Waals surface area contributed by atoms with Crippen molar-refractivity contribution < 1.29 is 9.84 Å². The van der Waals surface area contributed by atoms with Crippen molar-refractivity contribution in [1.29, 1.82) is 0 Å². The molecule has 0 radical (unpaired) electrons. The molecule has 4 heteroatoms. The van der Waals surface area contributed by atoms with E-state index in [9.17, 15) is 5.11 Å². The Hall–Kier alpha value is -3.53. The summed E-state index contributed by atoms with van der Waals surface area (Å²) in [7, 11) is 2.04. The number of nitrogens with zero attached hydrogens (tertiary/aromatic N) is 2. The summed E-state index contributed by atoms with van der Waals surface area (Å²) in [6.45, 7) is 0. The number of fused-ring (bicyclic) bond motifs is 2. The van der Waals surface area contributed by atoms with Crippen LogP contribution in [0.15, 0.2) is 72.6 Å². The van der Waals surface area contributed by atoms with Crippen LogP contribution in [0, 0.1) is 0 Å². The van der Waals surface area contributed by atoms with Crippen LogP contribution in [0.25, 0.3) is 28.4 Å². The number of aromatic nitrogens is 2. The number of phenols is 1. The van der Waals surface area contributed by atoms with Crippen LogP contribution in [0.3, 0.4) is 0 Å². The quantitative estimate of drug-likeness (QED) is 0.556. The fourth-order valence-electron chi connectivity index (χ4n) is 3.77. The Bertz CT molecular complexity index is 1190. The maximum absolute atomic E-state index is 9.70. The summed E-state index contributed by atoms with van der Waals surface area (Å²) in [4.78, 5) is 4.57. The van der Waals surface area contributed by atoms with Gasteiger partial charge in [-0.2, -0.15) is 0 Å². The predicted octanol–water partition coefficient (Wildman–Crippen LogP) is 4.92. The molecule has 0 amide bonds. The summed E-state index contributed by atoms with van der Waals surface area (Å²) in [5.41, 5.74) is 5.37. The van der Waals surface area contributed by atoms with Gasteiger partial charge in [0.2, 0.25) is 0 Å². The number of phenolic OH excluding ortho intramolecular Hbond substituents is 1. The Labute approximate surface area is 157 Å². The Morgan fingerprint density at radius 1 is 1.07 bits per heavy atom. The van der Waals surface area contributed by atoms with E-state index in [1.165, 1.54) is 0 Å². The lowest BCUT2D eigenvalue weighted by molar-refractivity contribution is 0.440. The molecule has 0 unspecified atom stereocenters. The van der Waals surface area contributed by atoms with Gasteiger partial charge in [0.25, 0.3) is 0 Å². The zero-order valence-corrected chi connectivity index (χ0v) is 14.9. The Balaban J connectivity index is 1.70. The van der Waals surface area contributed by atoms with Crippen LogP contribution in [0.2, 0.25) is 0 Å². The molecule has 132 valence electrons. The highest BCUT2D eigenvalue weighted by atomic mass is 16.5. The molecule has 1 aliphatic rings. The van der Waals surface area contributed by atoms with Gasteiger partial charge in [-0.1, -0.05) is 36.4 Å². The van der Waals surface area contributed by atoms with Crippen LogP contribution in [0.4, 0.5) is 0 Å². The van der Waals surface area contributed by atoms with E-state index in [2.05, 4.69) is 33.8 Å². The number of pyridine rings is 1. The first-order valence-corrected chi connectivity index (χ1v) is 8.90. The molecule has 5 rings (SSSR count). The van der Waals surface area contributed by atoms with Gasteiger partial charge in [0.1, 0.15) is 22.9 Å². The van der Waals surface area contributed by atoms with Gasteiger partial charge in [0, 0.05) is 42.2 Å². The summed E-state index contributed by atoms with van der Waals surface area (Å²) in [6, 6.07) is 19.7. The van der Waals surface area contributed by atoms with Crippen LogP contribution >= 0.6 is 0 Å². The Kier molecular flexibility index (Phi) is 3.50. The summed E-state index contributed by atoms with van der Waals surface area (Å²) < 4.78 is 8.14. The van der Waals surface area contributed by atoms with E-state index in [-0.39, 0.29) is 5.75 Å². The van der Waals surface area contributed by atoms with E-state index >= 15 is 0 Å². The van der Waals surface area contributed by atoms with Crippen molar-refractivity contribution in [3.05, 3.63) is 83.7 Å². The maximum Gasteiger partial charge on any atom is 0.140 e. The summed E-state index contributed by atoms with van der Waals surface area (Å²) >= 11 is 0. The predicted molar refractivity (Wildman–Crippen MR) is 107 cm³/mol. The SMILES string of the molecule is Cn1c(-c2ccccc2)c(/C=C2/Cc3ccc(O)cc3O2)c2cccnc21. The number of aromatic hydroxyl groups is 1. The lowest BCUT2D eigenvalue weighted by atomic mass is 10.0. The van der Waals surface area contributed by atoms with Gasteiger partial charge in [-0.3, -0.25) is 0 Å². The first-order chi connectivity index (χ1) is 13.2. The molecule has 1 N–H and O–H groups in total. The number of hydrogen-bond acceptors (Lipinski definition) is 3.